The van der Waals surface area contributed by atoms with Crippen LogP contribution >= 0.6 is 12.4 Å². The summed E-state index contributed by atoms with van der Waals surface area (Å²) in [6.45, 7) is 0. The van der Waals surface area contributed by atoms with Gasteiger partial charge in [0.2, 0.25) is 0 Å². The number of nitrogens with one attached hydrogen (secondary N) is 1. The van der Waals surface area contributed by atoms with Crippen LogP contribution in [0.4, 0.5) is 5.69 Å². The van der Waals surface area contributed by atoms with Gasteiger partial charge in [0.1, 0.15) is 17.0 Å². The summed E-state index contributed by atoms with van der Waals surface area (Å²) in [4.78, 5) is 16.8. The zero-order valence-corrected chi connectivity index (χ0v) is 15.5. The number of benzene rings is 3. The van der Waals surface area contributed by atoms with Crippen LogP contribution in [0, 0.1) is 0 Å². The van der Waals surface area contributed by atoms with Gasteiger partial charge >= 0.3 is 0 Å². The van der Waals surface area contributed by atoms with Crippen molar-refractivity contribution in [1.29, 1.82) is 0 Å². The van der Waals surface area contributed by atoms with Gasteiger partial charge in [0.05, 0.1) is 5.56 Å². The molecule has 140 valence electrons. The Bertz CT molecular complexity index is 1120. The normalized spacial score (nSPS) is 10.1. The molecule has 3 aromatic carbocycles. The van der Waals surface area contributed by atoms with Crippen molar-refractivity contribution in [2.45, 2.75) is 0 Å². The highest BCUT2D eigenvalue weighted by molar-refractivity contribution is 6.09. The van der Waals surface area contributed by atoms with Gasteiger partial charge < -0.3 is 15.2 Å². The number of hydrogen-bond donors (Lipinski definition) is 2. The molecule has 28 heavy (non-hydrogen) atoms. The molecule has 0 saturated heterocycles. The van der Waals surface area contributed by atoms with E-state index < -0.39 is 5.91 Å². The van der Waals surface area contributed by atoms with Crippen LogP contribution < -0.4 is 10.1 Å². The second-order valence-electron chi connectivity index (χ2n) is 5.93. The summed E-state index contributed by atoms with van der Waals surface area (Å²) < 4.78 is 5.78. The Morgan fingerprint density at radius 1 is 0.893 bits per heavy atom. The van der Waals surface area contributed by atoms with Crippen LogP contribution in [0.2, 0.25) is 0 Å². The number of carbonyl (C=O) groups excluding carboxylic acids is 1. The van der Waals surface area contributed by atoms with Crippen LogP contribution in [0.25, 0.3) is 10.9 Å². The van der Waals surface area contributed by atoms with E-state index >= 15 is 0 Å². The maximum Gasteiger partial charge on any atom is 0.259 e. The molecule has 1 heterocycles. The number of phenolic OH excluding ortho intramolecular Hbond substituents is 1. The molecule has 0 atom stereocenters. The minimum atomic E-state index is -0.420. The highest BCUT2D eigenvalue weighted by Crippen LogP contribution is 2.28. The van der Waals surface area contributed by atoms with E-state index in [1.54, 1.807) is 48.7 Å². The van der Waals surface area contributed by atoms with Crippen molar-refractivity contribution < 1.29 is 14.6 Å². The van der Waals surface area contributed by atoms with E-state index in [1.165, 1.54) is 0 Å². The lowest BCUT2D eigenvalue weighted by molar-refractivity contribution is 0.102. The molecule has 4 rings (SSSR count). The Balaban J connectivity index is 0.00000225. The molecule has 0 bridgehead atoms. The van der Waals surface area contributed by atoms with E-state index in [9.17, 15) is 9.90 Å². The summed E-state index contributed by atoms with van der Waals surface area (Å²) in [5, 5.41) is 14.0. The third-order valence-electron chi connectivity index (χ3n) is 4.06. The molecule has 0 radical (unpaired) electrons. The second kappa shape index (κ2) is 8.41. The van der Waals surface area contributed by atoms with Gasteiger partial charge in [-0.2, -0.15) is 0 Å². The molecule has 0 aliphatic carbocycles. The van der Waals surface area contributed by atoms with Crippen molar-refractivity contribution in [1.82, 2.24) is 4.98 Å². The van der Waals surface area contributed by atoms with Crippen LogP contribution in [-0.4, -0.2) is 16.0 Å². The van der Waals surface area contributed by atoms with E-state index in [-0.39, 0.29) is 23.7 Å². The average molecular weight is 393 g/mol. The summed E-state index contributed by atoms with van der Waals surface area (Å²) in [6.07, 6.45) is 1.58. The van der Waals surface area contributed by atoms with E-state index in [2.05, 4.69) is 10.3 Å². The van der Waals surface area contributed by atoms with Gasteiger partial charge in [-0.15, -0.1) is 12.4 Å². The minimum absolute atomic E-state index is 0. The van der Waals surface area contributed by atoms with Gasteiger partial charge in [-0.1, -0.05) is 36.4 Å². The molecular formula is C22H17ClN2O3. The Labute approximate surface area is 168 Å². The first-order valence-electron chi connectivity index (χ1n) is 8.42. The molecule has 1 aromatic heterocycles. The average Bonchev–Trinajstić information content (AvgIpc) is 2.69. The standard InChI is InChI=1S/C22H16N2O3.ClH/c25-21-19(12-11-15-6-5-13-23-20(15)21)22(26)24-16-7-4-10-18(14-16)27-17-8-2-1-3-9-17;/h1-14,25H,(H,24,26);1H. The van der Waals surface area contributed by atoms with Gasteiger partial charge in [-0.25, -0.2) is 0 Å². The lowest BCUT2D eigenvalue weighted by Gasteiger charge is -2.10. The highest BCUT2D eigenvalue weighted by Gasteiger charge is 2.15. The van der Waals surface area contributed by atoms with Gasteiger partial charge in [0, 0.05) is 23.3 Å². The maximum atomic E-state index is 12.6. The summed E-state index contributed by atoms with van der Waals surface area (Å²) in [7, 11) is 0. The highest BCUT2D eigenvalue weighted by atomic mass is 35.5. The summed E-state index contributed by atoms with van der Waals surface area (Å²) in [6, 6.07) is 23.4. The van der Waals surface area contributed by atoms with Gasteiger partial charge in [0.25, 0.3) is 5.91 Å². The number of carbonyl (C=O) groups is 1. The van der Waals surface area contributed by atoms with Gasteiger partial charge in [-0.3, -0.25) is 9.78 Å². The van der Waals surface area contributed by atoms with E-state index in [1.807, 2.05) is 36.4 Å². The quantitative estimate of drug-likeness (QED) is 0.487. The molecule has 6 heteroatoms. The maximum absolute atomic E-state index is 12.6. The van der Waals surface area contributed by atoms with Crippen molar-refractivity contribution >= 4 is 34.9 Å². The topological polar surface area (TPSA) is 71.5 Å². The molecule has 0 aliphatic rings. The number of amides is 1. The van der Waals surface area contributed by atoms with Crippen LogP contribution in [0.5, 0.6) is 17.2 Å². The molecule has 1 amide bonds. The largest absolute Gasteiger partial charge is 0.505 e. The van der Waals surface area contributed by atoms with Crippen LogP contribution in [0.15, 0.2) is 85.1 Å². The van der Waals surface area contributed by atoms with Crippen molar-refractivity contribution in [3.63, 3.8) is 0 Å². The molecule has 0 aliphatic heterocycles. The van der Waals surface area contributed by atoms with E-state index in [4.69, 9.17) is 4.74 Å². The Morgan fingerprint density at radius 2 is 1.68 bits per heavy atom. The Kier molecular flexibility index (Phi) is 5.77. The smallest absolute Gasteiger partial charge is 0.259 e. The number of anilines is 1. The van der Waals surface area contributed by atoms with Crippen molar-refractivity contribution in [2.24, 2.45) is 0 Å². The number of phenols is 1. The zero-order chi connectivity index (χ0) is 18.6. The lowest BCUT2D eigenvalue weighted by Crippen LogP contribution is -2.12. The van der Waals surface area contributed by atoms with Gasteiger partial charge in [-0.05, 0) is 36.4 Å². The number of pyridine rings is 1. The Morgan fingerprint density at radius 3 is 2.50 bits per heavy atom. The monoisotopic (exact) mass is 392 g/mol. The number of halogens is 1. The van der Waals surface area contributed by atoms with Gasteiger partial charge in [0.15, 0.2) is 5.75 Å². The van der Waals surface area contributed by atoms with Crippen LogP contribution in [-0.2, 0) is 0 Å². The number of hydrogen-bond acceptors (Lipinski definition) is 4. The molecule has 0 unspecified atom stereocenters. The number of aromatic nitrogens is 1. The molecule has 0 saturated carbocycles. The fraction of sp³-hybridized carbons (Fsp3) is 0. The molecular weight excluding hydrogens is 376 g/mol. The number of para-hydroxylation sites is 1. The van der Waals surface area contributed by atoms with Crippen LogP contribution in [0.1, 0.15) is 10.4 Å². The Hall–Kier alpha value is -3.57. The molecule has 0 fully saturated rings. The van der Waals surface area contributed by atoms with Crippen molar-refractivity contribution in [3.8, 4) is 17.2 Å². The first-order chi connectivity index (χ1) is 13.2. The summed E-state index contributed by atoms with van der Waals surface area (Å²) in [5.41, 5.74) is 1.12. The van der Waals surface area contributed by atoms with Crippen molar-refractivity contribution in [3.05, 3.63) is 90.6 Å². The fourth-order valence-electron chi connectivity index (χ4n) is 2.77. The zero-order valence-electron chi connectivity index (χ0n) is 14.7. The number of ether oxygens (including phenoxy) is 1. The number of fused-ring (bicyclic) bond motifs is 1. The van der Waals surface area contributed by atoms with Crippen molar-refractivity contribution in [2.75, 3.05) is 5.32 Å². The first-order valence-corrected chi connectivity index (χ1v) is 8.42. The SMILES string of the molecule is Cl.O=C(Nc1cccc(Oc2ccccc2)c1)c1ccc2cccnc2c1O. The van der Waals surface area contributed by atoms with Crippen LogP contribution in [0.3, 0.4) is 0 Å². The number of aromatic hydroxyl groups is 1. The number of rotatable bonds is 4. The fourth-order valence-corrected chi connectivity index (χ4v) is 2.77. The summed E-state index contributed by atoms with van der Waals surface area (Å²) >= 11 is 0. The molecule has 0 spiro atoms. The lowest BCUT2D eigenvalue weighted by atomic mass is 10.1. The third kappa shape index (κ3) is 4.05. The van der Waals surface area contributed by atoms with E-state index in [0.717, 1.165) is 5.39 Å². The molecule has 2 N–H and O–H groups in total. The van der Waals surface area contributed by atoms with E-state index in [0.29, 0.717) is 22.7 Å². The first kappa shape index (κ1) is 19.2. The predicted octanol–water partition coefficient (Wildman–Crippen LogP) is 5.41. The molecule has 5 nitrogen and oxygen atoms in total. The number of nitrogens with zero attached hydrogens (tertiary/aromatic N) is 1. The molecule has 4 aromatic rings. The summed E-state index contributed by atoms with van der Waals surface area (Å²) in [5.74, 6) is 0.752. The second-order valence-corrected chi connectivity index (χ2v) is 5.93. The predicted molar refractivity (Wildman–Crippen MR) is 112 cm³/mol. The minimum Gasteiger partial charge on any atom is -0.505 e. The third-order valence-corrected chi connectivity index (χ3v) is 4.06.